The Morgan fingerprint density at radius 2 is 1.48 bits per heavy atom. The van der Waals surface area contributed by atoms with Crippen LogP contribution in [0.15, 0.2) is 0 Å². The van der Waals surface area contributed by atoms with Gasteiger partial charge in [0.25, 0.3) is 5.91 Å². The number of Topliss-reactive ketones (excluding diaryl/α,β-unsaturated/α-hetero) is 1. The Bertz CT molecular complexity index is 1100. The minimum absolute atomic E-state index is 0.0388. The van der Waals surface area contributed by atoms with Crippen LogP contribution in [0.4, 0.5) is 4.79 Å². The SMILES string of the molecule is CC(C)NC(=O)[C@@H](NC(=O)N[C@H](C(=O)N1CC[C@H](C(C)C)[C@H]1C(=O)NC(CCCCC1CCC1)C(=O)C(N)=O)C(C)(C)C)C(C)C. The Kier molecular flexibility index (Phi) is 14.5. The normalized spacial score (nSPS) is 20.6. The summed E-state index contributed by atoms with van der Waals surface area (Å²) in [5.74, 6) is -2.87. The molecule has 1 aliphatic carbocycles. The number of rotatable bonds is 16. The molecule has 2 fully saturated rings. The van der Waals surface area contributed by atoms with Crippen LogP contribution in [-0.2, 0) is 24.0 Å². The number of nitrogens with two attached hydrogens (primary N) is 1. The molecular formula is C34H60N6O6. The fourth-order valence-corrected chi connectivity index (χ4v) is 6.40. The van der Waals surface area contributed by atoms with Gasteiger partial charge in [-0.05, 0) is 55.8 Å². The summed E-state index contributed by atoms with van der Waals surface area (Å²) >= 11 is 0. The number of unbranched alkanes of at least 4 members (excludes halogenated alkanes) is 1. The van der Waals surface area contributed by atoms with Gasteiger partial charge in [-0.3, -0.25) is 24.0 Å². The molecule has 0 bridgehead atoms. The molecule has 12 heteroatoms. The highest BCUT2D eigenvalue weighted by atomic mass is 16.2. The summed E-state index contributed by atoms with van der Waals surface area (Å²) in [7, 11) is 0. The number of ketones is 1. The average molecular weight is 649 g/mol. The summed E-state index contributed by atoms with van der Waals surface area (Å²) in [5, 5.41) is 11.1. The third-order valence-electron chi connectivity index (χ3n) is 9.36. The van der Waals surface area contributed by atoms with Gasteiger partial charge in [-0.2, -0.15) is 0 Å². The predicted molar refractivity (Wildman–Crippen MR) is 177 cm³/mol. The number of nitrogens with zero attached hydrogens (tertiary/aromatic N) is 1. The zero-order chi connectivity index (χ0) is 34.9. The van der Waals surface area contributed by atoms with Crippen LogP contribution in [0.1, 0.15) is 114 Å². The smallest absolute Gasteiger partial charge is 0.316 e. The van der Waals surface area contributed by atoms with Crippen LogP contribution >= 0.6 is 0 Å². The Morgan fingerprint density at radius 1 is 0.848 bits per heavy atom. The second-order valence-corrected chi connectivity index (χ2v) is 15.3. The molecule has 46 heavy (non-hydrogen) atoms. The van der Waals surface area contributed by atoms with E-state index in [-0.39, 0.29) is 36.2 Å². The largest absolute Gasteiger partial charge is 0.363 e. The van der Waals surface area contributed by atoms with Gasteiger partial charge in [0.1, 0.15) is 18.1 Å². The summed E-state index contributed by atoms with van der Waals surface area (Å²) in [6.45, 7) is 17.0. The topological polar surface area (TPSA) is 180 Å². The molecule has 2 rings (SSSR count). The maximum absolute atomic E-state index is 14.2. The zero-order valence-corrected chi connectivity index (χ0v) is 29.5. The molecule has 1 heterocycles. The van der Waals surface area contributed by atoms with Gasteiger partial charge in [0.2, 0.25) is 23.5 Å². The number of primary amides is 1. The zero-order valence-electron chi connectivity index (χ0n) is 29.5. The lowest BCUT2D eigenvalue weighted by Crippen LogP contribution is -2.62. The molecule has 0 aromatic carbocycles. The molecule has 0 aromatic heterocycles. The van der Waals surface area contributed by atoms with Gasteiger partial charge in [0.15, 0.2) is 0 Å². The summed E-state index contributed by atoms with van der Waals surface area (Å²) in [6, 6.07) is -4.59. The van der Waals surface area contributed by atoms with E-state index in [1.54, 1.807) is 0 Å². The molecule has 0 aromatic rings. The number of carbonyl (C=O) groups excluding carboxylic acids is 6. The first kappa shape index (κ1) is 39.0. The second kappa shape index (κ2) is 17.1. The number of nitrogens with one attached hydrogen (secondary N) is 4. The van der Waals surface area contributed by atoms with Crippen molar-refractivity contribution in [3.63, 3.8) is 0 Å². The maximum atomic E-state index is 14.2. The van der Waals surface area contributed by atoms with Crippen molar-refractivity contribution >= 4 is 35.4 Å². The van der Waals surface area contributed by atoms with E-state index in [2.05, 4.69) is 21.3 Å². The first-order valence-electron chi connectivity index (χ1n) is 17.2. The van der Waals surface area contributed by atoms with Crippen molar-refractivity contribution in [3.8, 4) is 0 Å². The van der Waals surface area contributed by atoms with Gasteiger partial charge < -0.3 is 31.9 Å². The number of amides is 6. The quantitative estimate of drug-likeness (QED) is 0.127. The summed E-state index contributed by atoms with van der Waals surface area (Å²) in [4.78, 5) is 80.3. The van der Waals surface area contributed by atoms with E-state index < -0.39 is 59.1 Å². The van der Waals surface area contributed by atoms with E-state index >= 15 is 0 Å². The lowest BCUT2D eigenvalue weighted by molar-refractivity contribution is -0.144. The fraction of sp³-hybridized carbons (Fsp3) is 0.824. The van der Waals surface area contributed by atoms with Gasteiger partial charge in [0, 0.05) is 12.6 Å². The number of urea groups is 1. The van der Waals surface area contributed by atoms with Crippen LogP contribution in [0.3, 0.4) is 0 Å². The van der Waals surface area contributed by atoms with Crippen LogP contribution in [0.5, 0.6) is 0 Å². The molecule has 0 spiro atoms. The van der Waals surface area contributed by atoms with Crippen LogP contribution in [0, 0.1) is 29.1 Å². The first-order chi connectivity index (χ1) is 21.3. The summed E-state index contributed by atoms with van der Waals surface area (Å²) in [5.41, 5.74) is 4.61. The molecule has 262 valence electrons. The van der Waals surface area contributed by atoms with E-state index in [9.17, 15) is 28.8 Å². The lowest BCUT2D eigenvalue weighted by Gasteiger charge is -2.37. The Balaban J connectivity index is 2.26. The number of hydrogen-bond acceptors (Lipinski definition) is 6. The Labute approximate surface area is 275 Å². The van der Waals surface area contributed by atoms with Crippen molar-refractivity contribution in [2.24, 2.45) is 34.8 Å². The van der Waals surface area contributed by atoms with Crippen LogP contribution in [0.2, 0.25) is 0 Å². The van der Waals surface area contributed by atoms with Crippen LogP contribution < -0.4 is 27.0 Å². The molecule has 6 N–H and O–H groups in total. The van der Waals surface area contributed by atoms with E-state index in [4.69, 9.17) is 5.73 Å². The minimum Gasteiger partial charge on any atom is -0.363 e. The number of carbonyl (C=O) groups is 6. The average Bonchev–Trinajstić information content (AvgIpc) is 3.36. The van der Waals surface area contributed by atoms with Crippen molar-refractivity contribution in [2.75, 3.05) is 6.54 Å². The van der Waals surface area contributed by atoms with Gasteiger partial charge in [-0.1, -0.05) is 87.0 Å². The number of likely N-dealkylation sites (tertiary alicyclic amines) is 1. The van der Waals surface area contributed by atoms with Crippen LogP contribution in [0.25, 0.3) is 0 Å². The minimum atomic E-state index is -1.10. The van der Waals surface area contributed by atoms with E-state index in [1.807, 2.05) is 62.3 Å². The molecule has 1 aliphatic heterocycles. The Morgan fingerprint density at radius 3 is 1.96 bits per heavy atom. The first-order valence-corrected chi connectivity index (χ1v) is 17.2. The highest BCUT2D eigenvalue weighted by Crippen LogP contribution is 2.34. The molecule has 12 nitrogen and oxygen atoms in total. The fourth-order valence-electron chi connectivity index (χ4n) is 6.40. The highest BCUT2D eigenvalue weighted by molar-refractivity contribution is 6.37. The molecule has 5 atom stereocenters. The van der Waals surface area contributed by atoms with Crippen molar-refractivity contribution in [3.05, 3.63) is 0 Å². The third kappa shape index (κ3) is 11.0. The molecule has 6 amide bonds. The van der Waals surface area contributed by atoms with Crippen molar-refractivity contribution in [2.45, 2.75) is 144 Å². The highest BCUT2D eigenvalue weighted by Gasteiger charge is 2.47. The monoisotopic (exact) mass is 648 g/mol. The molecule has 2 aliphatic rings. The molecule has 1 unspecified atom stereocenters. The molecule has 1 saturated heterocycles. The number of hydrogen-bond donors (Lipinski definition) is 5. The van der Waals surface area contributed by atoms with Crippen molar-refractivity contribution in [1.29, 1.82) is 0 Å². The van der Waals surface area contributed by atoms with E-state index in [0.717, 1.165) is 12.8 Å². The van der Waals surface area contributed by atoms with Gasteiger partial charge in [-0.15, -0.1) is 0 Å². The van der Waals surface area contributed by atoms with Gasteiger partial charge >= 0.3 is 6.03 Å². The van der Waals surface area contributed by atoms with Gasteiger partial charge in [-0.25, -0.2) is 4.79 Å². The van der Waals surface area contributed by atoms with E-state index in [1.165, 1.54) is 24.2 Å². The molecule has 1 saturated carbocycles. The van der Waals surface area contributed by atoms with E-state index in [0.29, 0.717) is 25.2 Å². The Hall–Kier alpha value is -3.18. The van der Waals surface area contributed by atoms with Gasteiger partial charge in [0.05, 0.1) is 6.04 Å². The predicted octanol–water partition coefficient (Wildman–Crippen LogP) is 3.02. The molecular weight excluding hydrogens is 588 g/mol. The third-order valence-corrected chi connectivity index (χ3v) is 9.36. The maximum Gasteiger partial charge on any atom is 0.316 e. The summed E-state index contributed by atoms with van der Waals surface area (Å²) in [6.07, 6.45) is 7.16. The molecule has 0 radical (unpaired) electrons. The summed E-state index contributed by atoms with van der Waals surface area (Å²) < 4.78 is 0. The van der Waals surface area contributed by atoms with Crippen molar-refractivity contribution in [1.82, 2.24) is 26.2 Å². The standard InChI is InChI=1S/C34H60N6O6/c1-19(2)23-17-18-40(26(23)31(44)37-24(27(41)29(35)42)16-11-10-13-22-14-12-15-22)32(45)28(34(7,8)9)39-33(46)38-25(20(3)4)30(43)36-21(5)6/h19-26,28H,10-18H2,1-9H3,(H2,35,42)(H,36,43)(H,37,44)(H2,38,39,46)/t23-,24?,25+,26+,28-/m1/s1. The second-order valence-electron chi connectivity index (χ2n) is 15.3. The lowest BCUT2D eigenvalue weighted by atomic mass is 9.81. The van der Waals surface area contributed by atoms with Crippen molar-refractivity contribution < 1.29 is 28.8 Å². The van der Waals surface area contributed by atoms with Crippen LogP contribution in [-0.4, -0.2) is 77.1 Å².